The van der Waals surface area contributed by atoms with Crippen molar-refractivity contribution in [1.29, 1.82) is 0 Å². The van der Waals surface area contributed by atoms with Gasteiger partial charge in [-0.05, 0) is 30.7 Å². The van der Waals surface area contributed by atoms with Gasteiger partial charge in [0.15, 0.2) is 0 Å². The van der Waals surface area contributed by atoms with Crippen LogP contribution in [0.2, 0.25) is 0 Å². The molecule has 0 saturated carbocycles. The van der Waals surface area contributed by atoms with Gasteiger partial charge in [0.05, 0.1) is 5.39 Å². The second-order valence-electron chi connectivity index (χ2n) is 4.62. The van der Waals surface area contributed by atoms with Gasteiger partial charge in [0.25, 0.3) is 0 Å². The van der Waals surface area contributed by atoms with E-state index in [-0.39, 0.29) is 0 Å². The van der Waals surface area contributed by atoms with Crippen molar-refractivity contribution in [2.24, 2.45) is 0 Å². The first-order chi connectivity index (χ1) is 9.28. The zero-order chi connectivity index (χ0) is 13.7. The third-order valence-electron chi connectivity index (χ3n) is 3.18. The van der Waals surface area contributed by atoms with Gasteiger partial charge in [-0.15, -0.1) is 11.3 Å². The molecule has 0 saturated heterocycles. The van der Waals surface area contributed by atoms with Crippen LogP contribution >= 0.6 is 11.3 Å². The van der Waals surface area contributed by atoms with E-state index in [9.17, 15) is 0 Å². The van der Waals surface area contributed by atoms with Crippen molar-refractivity contribution in [2.45, 2.75) is 46.1 Å². The highest BCUT2D eigenvalue weighted by atomic mass is 32.1. The van der Waals surface area contributed by atoms with Crippen LogP contribution in [0.15, 0.2) is 11.4 Å². The summed E-state index contributed by atoms with van der Waals surface area (Å²) in [5, 5.41) is 10.0. The first-order valence-corrected chi connectivity index (χ1v) is 7.92. The largest absolute Gasteiger partial charge is 0.367 e. The average molecular weight is 278 g/mol. The number of nitrogens with one attached hydrogen (secondary N) is 2. The van der Waals surface area contributed by atoms with E-state index in [4.69, 9.17) is 0 Å². The van der Waals surface area contributed by atoms with Crippen molar-refractivity contribution in [2.75, 3.05) is 17.2 Å². The maximum absolute atomic E-state index is 4.62. The van der Waals surface area contributed by atoms with Crippen LogP contribution in [0, 0.1) is 0 Å². The van der Waals surface area contributed by atoms with E-state index in [1.807, 2.05) is 0 Å². The quantitative estimate of drug-likeness (QED) is 0.800. The summed E-state index contributed by atoms with van der Waals surface area (Å²) in [7, 11) is 0. The molecule has 2 aromatic heterocycles. The summed E-state index contributed by atoms with van der Waals surface area (Å²) in [4.78, 5) is 10.2. The van der Waals surface area contributed by atoms with Crippen molar-refractivity contribution in [3.63, 3.8) is 0 Å². The molecule has 0 aliphatic rings. The molecule has 104 valence electrons. The summed E-state index contributed by atoms with van der Waals surface area (Å²) in [6.07, 6.45) is 3.27. The lowest BCUT2D eigenvalue weighted by Crippen LogP contribution is -2.18. The van der Waals surface area contributed by atoms with Crippen LogP contribution in [0.3, 0.4) is 0 Å². The van der Waals surface area contributed by atoms with Gasteiger partial charge >= 0.3 is 0 Å². The molecule has 2 N–H and O–H groups in total. The molecule has 0 aliphatic heterocycles. The molecule has 2 heterocycles. The molecule has 19 heavy (non-hydrogen) atoms. The van der Waals surface area contributed by atoms with Crippen molar-refractivity contribution < 1.29 is 0 Å². The Balaban J connectivity index is 2.30. The normalized spacial score (nSPS) is 11.2. The first kappa shape index (κ1) is 14.1. The lowest BCUT2D eigenvalue weighted by atomic mass is 10.2. The van der Waals surface area contributed by atoms with Gasteiger partial charge in [-0.2, -0.15) is 4.98 Å². The SMILES string of the molecule is CCCNc1nc(NC(CC)CC)c2ccsc2n1. The molecule has 0 amide bonds. The van der Waals surface area contributed by atoms with Crippen LogP contribution in [0.5, 0.6) is 0 Å². The van der Waals surface area contributed by atoms with E-state index in [0.29, 0.717) is 6.04 Å². The minimum atomic E-state index is 0.469. The zero-order valence-electron chi connectivity index (χ0n) is 11.9. The standard InChI is InChI=1S/C14H22N4S/c1-4-8-15-14-17-12(16-10(5-2)6-3)11-7-9-19-13(11)18-14/h7,9-10H,4-6,8H2,1-3H3,(H2,15,16,17,18). The highest BCUT2D eigenvalue weighted by Gasteiger charge is 2.11. The number of rotatable bonds is 7. The van der Waals surface area contributed by atoms with Crippen LogP contribution in [0.4, 0.5) is 11.8 Å². The van der Waals surface area contributed by atoms with Crippen LogP contribution < -0.4 is 10.6 Å². The lowest BCUT2D eigenvalue weighted by molar-refractivity contribution is 0.669. The summed E-state index contributed by atoms with van der Waals surface area (Å²) < 4.78 is 0. The lowest BCUT2D eigenvalue weighted by Gasteiger charge is -2.16. The summed E-state index contributed by atoms with van der Waals surface area (Å²) >= 11 is 1.66. The monoisotopic (exact) mass is 278 g/mol. The fraction of sp³-hybridized carbons (Fsp3) is 0.571. The maximum atomic E-state index is 4.62. The number of hydrogen-bond donors (Lipinski definition) is 2. The van der Waals surface area contributed by atoms with Crippen LogP contribution in [-0.4, -0.2) is 22.6 Å². The molecule has 0 unspecified atom stereocenters. The number of anilines is 2. The highest BCUT2D eigenvalue weighted by molar-refractivity contribution is 7.16. The second-order valence-corrected chi connectivity index (χ2v) is 5.51. The van der Waals surface area contributed by atoms with Crippen LogP contribution in [0.25, 0.3) is 10.2 Å². The first-order valence-electron chi connectivity index (χ1n) is 7.04. The Hall–Kier alpha value is -1.36. The van der Waals surface area contributed by atoms with E-state index in [1.165, 1.54) is 0 Å². The van der Waals surface area contributed by atoms with Crippen LogP contribution in [0.1, 0.15) is 40.0 Å². The van der Waals surface area contributed by atoms with E-state index < -0.39 is 0 Å². The molecule has 0 spiro atoms. The molecule has 4 nitrogen and oxygen atoms in total. The molecule has 0 radical (unpaired) electrons. The third kappa shape index (κ3) is 3.35. The molecule has 0 aliphatic carbocycles. The number of nitrogens with zero attached hydrogens (tertiary/aromatic N) is 2. The number of thiophene rings is 1. The molecule has 0 bridgehead atoms. The molecule has 0 fully saturated rings. The minimum absolute atomic E-state index is 0.469. The predicted molar refractivity (Wildman–Crippen MR) is 84.2 cm³/mol. The van der Waals surface area contributed by atoms with Crippen molar-refractivity contribution in [3.05, 3.63) is 11.4 Å². The fourth-order valence-corrected chi connectivity index (χ4v) is 2.73. The highest BCUT2D eigenvalue weighted by Crippen LogP contribution is 2.27. The topological polar surface area (TPSA) is 49.8 Å². The Labute approximate surface area is 118 Å². The Kier molecular flexibility index (Phi) is 4.96. The van der Waals surface area contributed by atoms with E-state index in [1.54, 1.807) is 11.3 Å². The molecular formula is C14H22N4S. The number of aromatic nitrogens is 2. The summed E-state index contributed by atoms with van der Waals surface area (Å²) in [5.41, 5.74) is 0. The van der Waals surface area contributed by atoms with E-state index in [0.717, 1.165) is 47.8 Å². The van der Waals surface area contributed by atoms with Gasteiger partial charge < -0.3 is 10.6 Å². The van der Waals surface area contributed by atoms with Crippen molar-refractivity contribution >= 4 is 33.3 Å². The van der Waals surface area contributed by atoms with Gasteiger partial charge in [0.1, 0.15) is 10.6 Å². The molecule has 5 heteroatoms. The number of fused-ring (bicyclic) bond motifs is 1. The second kappa shape index (κ2) is 6.70. The molecule has 2 rings (SSSR count). The molecule has 0 aromatic carbocycles. The van der Waals surface area contributed by atoms with E-state index in [2.05, 4.69) is 52.8 Å². The Morgan fingerprint density at radius 3 is 2.68 bits per heavy atom. The van der Waals surface area contributed by atoms with E-state index >= 15 is 0 Å². The Morgan fingerprint density at radius 1 is 1.21 bits per heavy atom. The van der Waals surface area contributed by atoms with Gasteiger partial charge in [0, 0.05) is 12.6 Å². The molecule has 2 aromatic rings. The Bertz CT molecular complexity index is 519. The van der Waals surface area contributed by atoms with Gasteiger partial charge in [-0.3, -0.25) is 0 Å². The summed E-state index contributed by atoms with van der Waals surface area (Å²) in [6, 6.07) is 2.56. The minimum Gasteiger partial charge on any atom is -0.367 e. The smallest absolute Gasteiger partial charge is 0.226 e. The van der Waals surface area contributed by atoms with Crippen molar-refractivity contribution in [3.8, 4) is 0 Å². The van der Waals surface area contributed by atoms with Crippen LogP contribution in [-0.2, 0) is 0 Å². The molecule has 0 atom stereocenters. The zero-order valence-corrected chi connectivity index (χ0v) is 12.7. The number of hydrogen-bond acceptors (Lipinski definition) is 5. The summed E-state index contributed by atoms with van der Waals surface area (Å²) in [6.45, 7) is 7.44. The average Bonchev–Trinajstić information content (AvgIpc) is 2.90. The summed E-state index contributed by atoms with van der Waals surface area (Å²) in [5.74, 6) is 1.68. The third-order valence-corrected chi connectivity index (χ3v) is 3.99. The fourth-order valence-electron chi connectivity index (χ4n) is 1.97. The van der Waals surface area contributed by atoms with Gasteiger partial charge in [-0.25, -0.2) is 4.98 Å². The van der Waals surface area contributed by atoms with Crippen molar-refractivity contribution in [1.82, 2.24) is 9.97 Å². The maximum Gasteiger partial charge on any atom is 0.226 e. The Morgan fingerprint density at radius 2 is 2.00 bits per heavy atom. The predicted octanol–water partition coefficient (Wildman–Crippen LogP) is 4.11. The van der Waals surface area contributed by atoms with Gasteiger partial charge in [-0.1, -0.05) is 20.8 Å². The van der Waals surface area contributed by atoms with Gasteiger partial charge in [0.2, 0.25) is 5.95 Å². The molecular weight excluding hydrogens is 256 g/mol.